The van der Waals surface area contributed by atoms with Crippen molar-refractivity contribution in [3.8, 4) is 0 Å². The van der Waals surface area contributed by atoms with Crippen molar-refractivity contribution in [3.63, 3.8) is 0 Å². The van der Waals surface area contributed by atoms with E-state index in [4.69, 9.17) is 4.84 Å². The highest BCUT2D eigenvalue weighted by Crippen LogP contribution is 2.17. The minimum absolute atomic E-state index is 0.0394. The Kier molecular flexibility index (Phi) is 6.12. The molecule has 0 aliphatic rings. The fraction of sp³-hybridized carbons (Fsp3) is 0.200. The van der Waals surface area contributed by atoms with Crippen LogP contribution < -0.4 is 5.32 Å². The molecular formula is C20H22N4O4S. The first-order valence-corrected chi connectivity index (χ1v) is 10.3. The van der Waals surface area contributed by atoms with Gasteiger partial charge >= 0.3 is 0 Å². The van der Waals surface area contributed by atoms with Gasteiger partial charge in [0.1, 0.15) is 5.82 Å². The average Bonchev–Trinajstić information content (AvgIpc) is 3.13. The third kappa shape index (κ3) is 4.70. The monoisotopic (exact) mass is 414 g/mol. The number of hydrogen-bond acceptors (Lipinski definition) is 5. The van der Waals surface area contributed by atoms with E-state index in [1.165, 1.54) is 38.4 Å². The smallest absolute Gasteiger partial charge is 0.264 e. The maximum Gasteiger partial charge on any atom is 0.264 e. The number of sulfonamides is 1. The van der Waals surface area contributed by atoms with Crippen LogP contribution in [0.4, 0.5) is 5.69 Å². The van der Waals surface area contributed by atoms with Gasteiger partial charge in [0.05, 0.1) is 12.0 Å². The summed E-state index contributed by atoms with van der Waals surface area (Å²) in [5, 5.41) is 2.81. The van der Waals surface area contributed by atoms with Crippen LogP contribution in [0.5, 0.6) is 0 Å². The zero-order valence-electron chi connectivity index (χ0n) is 16.4. The topological polar surface area (TPSA) is 93.5 Å². The molecule has 8 nitrogen and oxygen atoms in total. The molecule has 152 valence electrons. The summed E-state index contributed by atoms with van der Waals surface area (Å²) in [6.07, 6.45) is 3.67. The van der Waals surface area contributed by atoms with Crippen LogP contribution in [0.3, 0.4) is 0 Å². The normalized spacial score (nSPS) is 11.6. The zero-order chi connectivity index (χ0) is 21.0. The second-order valence-corrected chi connectivity index (χ2v) is 8.31. The van der Waals surface area contributed by atoms with Crippen molar-refractivity contribution in [2.24, 2.45) is 0 Å². The summed E-state index contributed by atoms with van der Waals surface area (Å²) in [4.78, 5) is 21.4. The minimum Gasteiger partial charge on any atom is -0.331 e. The van der Waals surface area contributed by atoms with Crippen LogP contribution in [-0.4, -0.2) is 42.5 Å². The van der Waals surface area contributed by atoms with E-state index >= 15 is 0 Å². The Morgan fingerprint density at radius 2 is 1.79 bits per heavy atom. The fourth-order valence-electron chi connectivity index (χ4n) is 2.69. The first kappa shape index (κ1) is 20.7. The summed E-state index contributed by atoms with van der Waals surface area (Å²) >= 11 is 0. The molecule has 3 rings (SSSR count). The SMILES string of the molecule is CON(C)S(=O)(=O)c1ccc(C(=O)Nc2ccc(Cn3ccnc3C)cc2)cc1. The van der Waals surface area contributed by atoms with Gasteiger partial charge in [-0.25, -0.2) is 13.4 Å². The largest absolute Gasteiger partial charge is 0.331 e. The molecule has 0 bridgehead atoms. The molecule has 3 aromatic rings. The number of nitrogens with zero attached hydrogens (tertiary/aromatic N) is 3. The molecule has 0 fully saturated rings. The maximum absolute atomic E-state index is 12.4. The Balaban J connectivity index is 1.66. The number of hydroxylamine groups is 1. The number of amides is 1. The number of rotatable bonds is 7. The molecule has 1 N–H and O–H groups in total. The Morgan fingerprint density at radius 3 is 2.34 bits per heavy atom. The number of nitrogens with one attached hydrogen (secondary N) is 1. The van der Waals surface area contributed by atoms with Gasteiger partial charge in [-0.05, 0) is 48.9 Å². The lowest BCUT2D eigenvalue weighted by atomic mass is 10.2. The van der Waals surface area contributed by atoms with Crippen molar-refractivity contribution in [3.05, 3.63) is 77.9 Å². The molecule has 0 saturated heterocycles. The molecule has 0 aliphatic carbocycles. The molecule has 1 aromatic heterocycles. The van der Waals surface area contributed by atoms with Crippen LogP contribution in [0.15, 0.2) is 65.8 Å². The van der Waals surface area contributed by atoms with E-state index < -0.39 is 10.0 Å². The maximum atomic E-state index is 12.4. The van der Waals surface area contributed by atoms with E-state index in [2.05, 4.69) is 10.3 Å². The number of carbonyl (C=O) groups is 1. The molecule has 0 aliphatic heterocycles. The molecule has 9 heteroatoms. The van der Waals surface area contributed by atoms with Crippen molar-refractivity contribution >= 4 is 21.6 Å². The van der Waals surface area contributed by atoms with E-state index in [0.717, 1.165) is 15.9 Å². The highest BCUT2D eigenvalue weighted by molar-refractivity contribution is 7.89. The van der Waals surface area contributed by atoms with Gasteiger partial charge in [-0.2, -0.15) is 0 Å². The third-order valence-corrected chi connectivity index (χ3v) is 6.19. The molecule has 0 atom stereocenters. The molecular weight excluding hydrogens is 392 g/mol. The molecule has 0 unspecified atom stereocenters. The van der Waals surface area contributed by atoms with Crippen molar-refractivity contribution in [2.75, 3.05) is 19.5 Å². The Morgan fingerprint density at radius 1 is 1.14 bits per heavy atom. The van der Waals surface area contributed by atoms with Crippen LogP contribution in [0.1, 0.15) is 21.7 Å². The summed E-state index contributed by atoms with van der Waals surface area (Å²) in [6, 6.07) is 13.2. The third-order valence-electron chi connectivity index (χ3n) is 4.50. The van der Waals surface area contributed by atoms with Gasteiger partial charge in [-0.1, -0.05) is 16.6 Å². The average molecular weight is 414 g/mol. The summed E-state index contributed by atoms with van der Waals surface area (Å²) in [5.74, 6) is 0.608. The van der Waals surface area contributed by atoms with E-state index in [0.29, 0.717) is 17.8 Å². The van der Waals surface area contributed by atoms with Gasteiger partial charge in [0, 0.05) is 37.2 Å². The summed E-state index contributed by atoms with van der Waals surface area (Å²) < 4.78 is 27.2. The fourth-order valence-corrected chi connectivity index (χ4v) is 3.66. The van der Waals surface area contributed by atoms with E-state index in [9.17, 15) is 13.2 Å². The van der Waals surface area contributed by atoms with E-state index in [1.54, 1.807) is 6.20 Å². The first-order valence-electron chi connectivity index (χ1n) is 8.82. The summed E-state index contributed by atoms with van der Waals surface area (Å²) in [6.45, 7) is 2.64. The standard InChI is InChI=1S/C20H22N4O4S/c1-15-21-12-13-24(15)14-16-4-8-18(9-5-16)22-20(25)17-6-10-19(11-7-17)29(26,27)23(2)28-3/h4-13H,14H2,1-3H3,(H,22,25). The number of aryl methyl sites for hydroxylation is 1. The van der Waals surface area contributed by atoms with Gasteiger partial charge < -0.3 is 9.88 Å². The zero-order valence-corrected chi connectivity index (χ0v) is 17.2. The van der Waals surface area contributed by atoms with E-state index in [-0.39, 0.29) is 10.8 Å². The lowest BCUT2D eigenvalue weighted by Crippen LogP contribution is -2.25. The molecule has 29 heavy (non-hydrogen) atoms. The highest BCUT2D eigenvalue weighted by atomic mass is 32.2. The number of hydrogen-bond donors (Lipinski definition) is 1. The molecule has 2 aromatic carbocycles. The predicted molar refractivity (Wildman–Crippen MR) is 109 cm³/mol. The Bertz CT molecular complexity index is 1090. The van der Waals surface area contributed by atoms with Crippen LogP contribution in [0.25, 0.3) is 0 Å². The summed E-state index contributed by atoms with van der Waals surface area (Å²) in [5.41, 5.74) is 2.08. The lowest BCUT2D eigenvalue weighted by Gasteiger charge is -2.14. The van der Waals surface area contributed by atoms with Crippen LogP contribution in [0.2, 0.25) is 0 Å². The van der Waals surface area contributed by atoms with Gasteiger partial charge in [0.25, 0.3) is 15.9 Å². The minimum atomic E-state index is -3.75. The van der Waals surface area contributed by atoms with Gasteiger partial charge in [0.2, 0.25) is 0 Å². The summed E-state index contributed by atoms with van der Waals surface area (Å²) in [7, 11) is -1.18. The van der Waals surface area contributed by atoms with Crippen LogP contribution in [0, 0.1) is 6.92 Å². The molecule has 0 spiro atoms. The molecule has 1 heterocycles. The quantitative estimate of drug-likeness (QED) is 0.600. The number of anilines is 1. The van der Waals surface area contributed by atoms with Crippen molar-refractivity contribution in [1.29, 1.82) is 0 Å². The Hall–Kier alpha value is -3.01. The van der Waals surface area contributed by atoms with E-state index in [1.807, 2.05) is 42.0 Å². The van der Waals surface area contributed by atoms with Gasteiger partial charge in [-0.15, -0.1) is 0 Å². The molecule has 0 radical (unpaired) electrons. The van der Waals surface area contributed by atoms with Crippen molar-refractivity contribution in [1.82, 2.24) is 14.0 Å². The Labute approximate surface area is 169 Å². The van der Waals surface area contributed by atoms with Crippen molar-refractivity contribution in [2.45, 2.75) is 18.4 Å². The molecule has 0 saturated carbocycles. The predicted octanol–water partition coefficient (Wildman–Crippen LogP) is 2.67. The highest BCUT2D eigenvalue weighted by Gasteiger charge is 2.21. The molecule has 1 amide bonds. The van der Waals surface area contributed by atoms with Crippen LogP contribution >= 0.6 is 0 Å². The first-order chi connectivity index (χ1) is 13.8. The second-order valence-electron chi connectivity index (χ2n) is 6.38. The number of carbonyl (C=O) groups excluding carboxylic acids is 1. The number of aromatic nitrogens is 2. The second kappa shape index (κ2) is 8.56. The van der Waals surface area contributed by atoms with Crippen LogP contribution in [-0.2, 0) is 21.4 Å². The van der Waals surface area contributed by atoms with Gasteiger partial charge in [0.15, 0.2) is 0 Å². The lowest BCUT2D eigenvalue weighted by molar-refractivity contribution is -0.0258. The number of imidazole rings is 1. The number of benzene rings is 2. The van der Waals surface area contributed by atoms with Gasteiger partial charge in [-0.3, -0.25) is 9.63 Å². The van der Waals surface area contributed by atoms with Crippen molar-refractivity contribution < 1.29 is 18.0 Å².